The molecule has 0 heterocycles. The summed E-state index contributed by atoms with van der Waals surface area (Å²) in [5.74, 6) is -0.218. The van der Waals surface area contributed by atoms with E-state index >= 15 is 0 Å². The molecular weight excluding hydrogens is 186 g/mol. The number of amides is 1. The highest BCUT2D eigenvalue weighted by molar-refractivity contribution is 5.73. The minimum atomic E-state index is -0.218. The zero-order chi connectivity index (χ0) is 11.4. The number of carbonyl (C=O) groups is 1. The third-order valence-corrected chi connectivity index (χ3v) is 2.25. The van der Waals surface area contributed by atoms with Crippen molar-refractivity contribution in [1.82, 2.24) is 0 Å². The average molecular weight is 209 g/mol. The molecule has 0 unspecified atom stereocenters. The molecule has 2 nitrogen and oxygen atoms in total. The zero-order valence-corrected chi connectivity index (χ0v) is 9.58. The number of allylic oxidation sites excluding steroid dienone is 3. The van der Waals surface area contributed by atoms with Crippen LogP contribution in [-0.2, 0) is 4.79 Å². The minimum Gasteiger partial charge on any atom is -0.370 e. The van der Waals surface area contributed by atoms with Gasteiger partial charge in [-0.3, -0.25) is 4.79 Å². The van der Waals surface area contributed by atoms with E-state index in [1.54, 1.807) is 0 Å². The zero-order valence-electron chi connectivity index (χ0n) is 9.58. The predicted octanol–water partition coefficient (Wildman–Crippen LogP) is 3.33. The van der Waals surface area contributed by atoms with Crippen molar-refractivity contribution in [2.75, 3.05) is 0 Å². The number of rotatable bonds is 10. The molecule has 0 atom stereocenters. The van der Waals surface area contributed by atoms with E-state index in [4.69, 9.17) is 5.73 Å². The monoisotopic (exact) mass is 209 g/mol. The van der Waals surface area contributed by atoms with Gasteiger partial charge in [0.1, 0.15) is 0 Å². The molecule has 0 aromatic rings. The third kappa shape index (κ3) is 12.9. The molecule has 0 aliphatic heterocycles. The second kappa shape index (κ2) is 11.0. The smallest absolute Gasteiger partial charge is 0.217 e. The van der Waals surface area contributed by atoms with Crippen LogP contribution < -0.4 is 5.73 Å². The molecule has 0 radical (unpaired) electrons. The van der Waals surface area contributed by atoms with Crippen LogP contribution in [0.15, 0.2) is 24.8 Å². The van der Waals surface area contributed by atoms with E-state index in [1.165, 1.54) is 25.7 Å². The summed E-state index contributed by atoms with van der Waals surface area (Å²) in [5, 5.41) is 0. The van der Waals surface area contributed by atoms with Gasteiger partial charge < -0.3 is 5.73 Å². The van der Waals surface area contributed by atoms with Gasteiger partial charge in [0.15, 0.2) is 0 Å². The maximum Gasteiger partial charge on any atom is 0.217 e. The Hall–Kier alpha value is -1.05. The quantitative estimate of drug-likeness (QED) is 0.435. The van der Waals surface area contributed by atoms with E-state index in [-0.39, 0.29) is 5.91 Å². The summed E-state index contributed by atoms with van der Waals surface area (Å²) in [4.78, 5) is 10.4. The second-order valence-corrected chi connectivity index (χ2v) is 3.76. The van der Waals surface area contributed by atoms with Crippen molar-refractivity contribution in [1.29, 1.82) is 0 Å². The van der Waals surface area contributed by atoms with Gasteiger partial charge in [-0.25, -0.2) is 0 Å². The lowest BCUT2D eigenvalue weighted by atomic mass is 10.1. The standard InChI is InChI=1S/C13H23NO/c1-2-3-4-5-6-7-8-9-10-11-12-13(14)15/h2,9-10H,1,3-8,11-12H2,(H2,14,15)/b10-9+. The molecule has 0 bridgehead atoms. The lowest BCUT2D eigenvalue weighted by Gasteiger charge is -1.96. The second-order valence-electron chi connectivity index (χ2n) is 3.76. The summed E-state index contributed by atoms with van der Waals surface area (Å²) < 4.78 is 0. The van der Waals surface area contributed by atoms with Gasteiger partial charge in [-0.2, -0.15) is 0 Å². The molecule has 15 heavy (non-hydrogen) atoms. The summed E-state index contributed by atoms with van der Waals surface area (Å²) in [7, 11) is 0. The molecule has 0 rings (SSSR count). The number of unbranched alkanes of at least 4 members (excludes halogenated alkanes) is 5. The fourth-order valence-electron chi connectivity index (χ4n) is 1.37. The molecule has 1 amide bonds. The molecule has 0 spiro atoms. The highest BCUT2D eigenvalue weighted by Crippen LogP contribution is 2.06. The Kier molecular flexibility index (Phi) is 10.3. The number of hydrogen-bond donors (Lipinski definition) is 1. The topological polar surface area (TPSA) is 43.1 Å². The van der Waals surface area contributed by atoms with Crippen LogP contribution in [0.1, 0.15) is 51.4 Å². The number of nitrogens with two attached hydrogens (primary N) is 1. The molecule has 2 N–H and O–H groups in total. The van der Waals surface area contributed by atoms with Crippen LogP contribution in [0.4, 0.5) is 0 Å². The fourth-order valence-corrected chi connectivity index (χ4v) is 1.37. The summed E-state index contributed by atoms with van der Waals surface area (Å²) in [6, 6.07) is 0. The van der Waals surface area contributed by atoms with E-state index in [9.17, 15) is 4.79 Å². The predicted molar refractivity (Wildman–Crippen MR) is 65.5 cm³/mol. The van der Waals surface area contributed by atoms with Crippen LogP contribution in [0.2, 0.25) is 0 Å². The Morgan fingerprint density at radius 2 is 1.60 bits per heavy atom. The van der Waals surface area contributed by atoms with Gasteiger partial charge in [0.25, 0.3) is 0 Å². The summed E-state index contributed by atoms with van der Waals surface area (Å²) in [5.41, 5.74) is 5.02. The Morgan fingerprint density at radius 1 is 1.00 bits per heavy atom. The SMILES string of the molecule is C=CCCCCCC/C=C/CCC(N)=O. The Balaban J connectivity index is 3.09. The Bertz CT molecular complexity index is 197. The van der Waals surface area contributed by atoms with Gasteiger partial charge >= 0.3 is 0 Å². The molecule has 0 saturated heterocycles. The molecule has 0 aliphatic carbocycles. The van der Waals surface area contributed by atoms with Crippen molar-refractivity contribution in [3.8, 4) is 0 Å². The van der Waals surface area contributed by atoms with Crippen LogP contribution >= 0.6 is 0 Å². The van der Waals surface area contributed by atoms with Crippen molar-refractivity contribution < 1.29 is 4.79 Å². The highest BCUT2D eigenvalue weighted by atomic mass is 16.1. The summed E-state index contributed by atoms with van der Waals surface area (Å²) >= 11 is 0. The average Bonchev–Trinajstić information content (AvgIpc) is 2.20. The van der Waals surface area contributed by atoms with Crippen LogP contribution in [0.25, 0.3) is 0 Å². The minimum absolute atomic E-state index is 0.218. The molecule has 0 aromatic carbocycles. The van der Waals surface area contributed by atoms with Crippen molar-refractivity contribution in [3.05, 3.63) is 24.8 Å². The van der Waals surface area contributed by atoms with Gasteiger partial charge in [-0.1, -0.05) is 31.1 Å². The third-order valence-electron chi connectivity index (χ3n) is 2.25. The number of primary amides is 1. The molecule has 2 heteroatoms. The molecule has 0 saturated carbocycles. The first-order valence-electron chi connectivity index (χ1n) is 5.81. The Morgan fingerprint density at radius 3 is 2.20 bits per heavy atom. The van der Waals surface area contributed by atoms with Gasteiger partial charge in [0.05, 0.1) is 0 Å². The van der Waals surface area contributed by atoms with E-state index < -0.39 is 0 Å². The Labute approximate surface area is 93.2 Å². The molecule has 0 aromatic heterocycles. The maximum atomic E-state index is 10.4. The molecule has 0 aliphatic rings. The molecule has 86 valence electrons. The van der Waals surface area contributed by atoms with Gasteiger partial charge in [-0.15, -0.1) is 6.58 Å². The van der Waals surface area contributed by atoms with Crippen molar-refractivity contribution in [2.24, 2.45) is 5.73 Å². The van der Waals surface area contributed by atoms with Gasteiger partial charge in [0, 0.05) is 6.42 Å². The first kappa shape index (κ1) is 13.9. The van der Waals surface area contributed by atoms with Crippen LogP contribution in [-0.4, -0.2) is 5.91 Å². The van der Waals surface area contributed by atoms with Gasteiger partial charge in [-0.05, 0) is 32.1 Å². The summed E-state index contributed by atoms with van der Waals surface area (Å²) in [6.07, 6.45) is 14.8. The lowest BCUT2D eigenvalue weighted by Crippen LogP contribution is -2.08. The van der Waals surface area contributed by atoms with E-state index in [0.29, 0.717) is 6.42 Å². The van der Waals surface area contributed by atoms with E-state index in [2.05, 4.69) is 18.7 Å². The van der Waals surface area contributed by atoms with Crippen molar-refractivity contribution >= 4 is 5.91 Å². The first-order chi connectivity index (χ1) is 7.27. The van der Waals surface area contributed by atoms with Crippen LogP contribution in [0, 0.1) is 0 Å². The number of hydrogen-bond acceptors (Lipinski definition) is 1. The van der Waals surface area contributed by atoms with Crippen molar-refractivity contribution in [3.63, 3.8) is 0 Å². The highest BCUT2D eigenvalue weighted by Gasteiger charge is 1.89. The first-order valence-corrected chi connectivity index (χ1v) is 5.81. The van der Waals surface area contributed by atoms with Gasteiger partial charge in [0.2, 0.25) is 5.91 Å². The molecule has 0 fully saturated rings. The van der Waals surface area contributed by atoms with E-state index in [1.807, 2.05) is 6.08 Å². The van der Waals surface area contributed by atoms with Crippen LogP contribution in [0.3, 0.4) is 0 Å². The maximum absolute atomic E-state index is 10.4. The number of carbonyl (C=O) groups excluding carboxylic acids is 1. The fraction of sp³-hybridized carbons (Fsp3) is 0.615. The largest absolute Gasteiger partial charge is 0.370 e. The lowest BCUT2D eigenvalue weighted by molar-refractivity contribution is -0.117. The summed E-state index contributed by atoms with van der Waals surface area (Å²) in [6.45, 7) is 3.69. The molecular formula is C13H23NO. The van der Waals surface area contributed by atoms with Crippen molar-refractivity contribution in [2.45, 2.75) is 51.4 Å². The van der Waals surface area contributed by atoms with Crippen LogP contribution in [0.5, 0.6) is 0 Å². The van der Waals surface area contributed by atoms with E-state index in [0.717, 1.165) is 19.3 Å². The normalized spacial score (nSPS) is 10.7.